The second kappa shape index (κ2) is 4.78. The van der Waals surface area contributed by atoms with Crippen molar-refractivity contribution in [2.45, 2.75) is 0 Å². The van der Waals surface area contributed by atoms with Crippen molar-refractivity contribution in [1.29, 1.82) is 0 Å². The maximum absolute atomic E-state index is 13.2. The van der Waals surface area contributed by atoms with E-state index in [0.29, 0.717) is 17.5 Å². The van der Waals surface area contributed by atoms with Crippen LogP contribution in [0.5, 0.6) is 0 Å². The summed E-state index contributed by atoms with van der Waals surface area (Å²) < 4.78 is 16.7. The third-order valence-electron chi connectivity index (χ3n) is 1.99. The molecule has 0 aliphatic carbocycles. The Morgan fingerprint density at radius 1 is 1.31 bits per heavy atom. The molecule has 6 heteroatoms. The lowest BCUT2D eigenvalue weighted by Crippen LogP contribution is -1.97. The van der Waals surface area contributed by atoms with Gasteiger partial charge in [0.2, 0.25) is 0 Å². The van der Waals surface area contributed by atoms with Crippen LogP contribution >= 0.6 is 45.2 Å². The van der Waals surface area contributed by atoms with Crippen molar-refractivity contribution >= 4 is 51.5 Å². The van der Waals surface area contributed by atoms with Crippen LogP contribution in [0.1, 0.15) is 10.4 Å². The molecule has 82 valence electrons. The predicted molar refractivity (Wildman–Crippen MR) is 74.3 cm³/mol. The quantitative estimate of drug-likeness (QED) is 0.530. The van der Waals surface area contributed by atoms with Gasteiger partial charge in [-0.15, -0.1) is 0 Å². The molecule has 1 aromatic heterocycles. The smallest absolute Gasteiger partial charge is 0.150 e. The SMILES string of the molecule is O=Cc1cc(F)cc(-n2cnc(I)c2I)c1. The summed E-state index contributed by atoms with van der Waals surface area (Å²) >= 11 is 4.22. The molecular weight excluding hydrogens is 437 g/mol. The number of hydrogen-bond acceptors (Lipinski definition) is 2. The summed E-state index contributed by atoms with van der Waals surface area (Å²) in [4.78, 5) is 14.7. The highest BCUT2D eigenvalue weighted by molar-refractivity contribution is 14.1. The molecule has 0 saturated heterocycles. The molecule has 0 amide bonds. The Kier molecular flexibility index (Phi) is 3.57. The van der Waals surface area contributed by atoms with Gasteiger partial charge in [0.05, 0.1) is 5.69 Å². The summed E-state index contributed by atoms with van der Waals surface area (Å²) in [6.45, 7) is 0. The van der Waals surface area contributed by atoms with Crippen molar-refractivity contribution in [3.05, 3.63) is 43.3 Å². The lowest BCUT2D eigenvalue weighted by molar-refractivity contribution is 0.112. The highest BCUT2D eigenvalue weighted by Gasteiger charge is 2.08. The summed E-state index contributed by atoms with van der Waals surface area (Å²) in [6.07, 6.45) is 2.23. The predicted octanol–water partition coefficient (Wildman–Crippen LogP) is 3.03. The number of rotatable bonds is 2. The van der Waals surface area contributed by atoms with Crippen LogP contribution in [-0.4, -0.2) is 15.8 Å². The number of carbonyl (C=O) groups is 1. The first-order valence-corrected chi connectivity index (χ1v) is 6.42. The Balaban J connectivity index is 2.59. The number of imidazole rings is 1. The molecule has 1 aromatic carbocycles. The zero-order valence-electron chi connectivity index (χ0n) is 7.82. The first kappa shape index (κ1) is 12.0. The minimum absolute atomic E-state index is 0.314. The van der Waals surface area contributed by atoms with E-state index in [0.717, 1.165) is 7.40 Å². The van der Waals surface area contributed by atoms with Crippen LogP contribution in [-0.2, 0) is 0 Å². The van der Waals surface area contributed by atoms with Crippen LogP contribution in [0, 0.1) is 13.2 Å². The van der Waals surface area contributed by atoms with Gasteiger partial charge in [0.15, 0.2) is 0 Å². The van der Waals surface area contributed by atoms with Crippen molar-refractivity contribution in [3.63, 3.8) is 0 Å². The fourth-order valence-electron chi connectivity index (χ4n) is 1.30. The van der Waals surface area contributed by atoms with Crippen LogP contribution in [0.2, 0.25) is 0 Å². The first-order valence-electron chi connectivity index (χ1n) is 4.26. The molecule has 0 atom stereocenters. The number of carbonyl (C=O) groups excluding carboxylic acids is 1. The van der Waals surface area contributed by atoms with Gasteiger partial charge in [-0.25, -0.2) is 9.37 Å². The minimum Gasteiger partial charge on any atom is -0.298 e. The zero-order valence-corrected chi connectivity index (χ0v) is 12.1. The molecule has 0 bridgehead atoms. The molecule has 0 N–H and O–H groups in total. The van der Waals surface area contributed by atoms with Crippen molar-refractivity contribution in [3.8, 4) is 5.69 Å². The molecule has 1 heterocycles. The van der Waals surface area contributed by atoms with Gasteiger partial charge < -0.3 is 0 Å². The average Bonchev–Trinajstić information content (AvgIpc) is 2.59. The summed E-state index contributed by atoms with van der Waals surface area (Å²) in [5.74, 6) is -0.431. The minimum atomic E-state index is -0.431. The van der Waals surface area contributed by atoms with Crippen molar-refractivity contribution < 1.29 is 9.18 Å². The topological polar surface area (TPSA) is 34.9 Å². The number of aldehydes is 1. The largest absolute Gasteiger partial charge is 0.298 e. The Bertz CT molecular complexity index is 554. The van der Waals surface area contributed by atoms with E-state index < -0.39 is 5.82 Å². The van der Waals surface area contributed by atoms with Gasteiger partial charge in [-0.2, -0.15) is 0 Å². The van der Waals surface area contributed by atoms with Gasteiger partial charge in [-0.05, 0) is 63.4 Å². The van der Waals surface area contributed by atoms with E-state index in [2.05, 4.69) is 50.2 Å². The molecule has 0 saturated carbocycles. The third kappa shape index (κ3) is 2.26. The standard InChI is InChI=1S/C10H5FI2N2O/c11-7-1-6(4-16)2-8(3-7)15-5-14-9(12)10(15)13/h1-5H. The number of hydrogen-bond donors (Lipinski definition) is 0. The molecule has 2 aromatic rings. The first-order chi connectivity index (χ1) is 7.61. The lowest BCUT2D eigenvalue weighted by Gasteiger charge is -2.05. The van der Waals surface area contributed by atoms with Crippen LogP contribution in [0.25, 0.3) is 5.69 Å². The molecular formula is C10H5FI2N2O. The van der Waals surface area contributed by atoms with Gasteiger partial charge in [-0.3, -0.25) is 9.36 Å². The number of nitrogens with zero attached hydrogens (tertiary/aromatic N) is 2. The number of halogens is 3. The Labute approximate surface area is 118 Å². The Morgan fingerprint density at radius 2 is 2.06 bits per heavy atom. The molecule has 3 nitrogen and oxygen atoms in total. The van der Waals surface area contributed by atoms with Gasteiger partial charge >= 0.3 is 0 Å². The summed E-state index contributed by atoms with van der Waals surface area (Å²) in [7, 11) is 0. The molecule has 0 unspecified atom stereocenters. The lowest BCUT2D eigenvalue weighted by atomic mass is 10.2. The monoisotopic (exact) mass is 442 g/mol. The fourth-order valence-corrected chi connectivity index (χ4v) is 2.22. The van der Waals surface area contributed by atoms with Gasteiger partial charge in [-0.1, -0.05) is 0 Å². The molecule has 2 rings (SSSR count). The highest BCUT2D eigenvalue weighted by Crippen LogP contribution is 2.19. The second-order valence-corrected chi connectivity index (χ2v) is 5.10. The van der Waals surface area contributed by atoms with Gasteiger partial charge in [0.25, 0.3) is 0 Å². The van der Waals surface area contributed by atoms with Gasteiger partial charge in [0.1, 0.15) is 25.8 Å². The van der Waals surface area contributed by atoms with E-state index in [1.165, 1.54) is 12.1 Å². The normalized spacial score (nSPS) is 10.4. The molecule has 0 spiro atoms. The van der Waals surface area contributed by atoms with E-state index >= 15 is 0 Å². The summed E-state index contributed by atoms with van der Waals surface area (Å²) in [5, 5.41) is 0. The third-order valence-corrected chi connectivity index (χ3v) is 4.84. The van der Waals surface area contributed by atoms with Crippen LogP contribution < -0.4 is 0 Å². The fraction of sp³-hybridized carbons (Fsp3) is 0. The van der Waals surface area contributed by atoms with Crippen molar-refractivity contribution in [2.75, 3.05) is 0 Å². The van der Waals surface area contributed by atoms with Crippen molar-refractivity contribution in [2.24, 2.45) is 0 Å². The Hall–Kier alpha value is -0.510. The highest BCUT2D eigenvalue weighted by atomic mass is 127. The van der Waals surface area contributed by atoms with Gasteiger partial charge in [0, 0.05) is 5.56 Å². The maximum Gasteiger partial charge on any atom is 0.150 e. The number of aromatic nitrogens is 2. The van der Waals surface area contributed by atoms with E-state index in [9.17, 15) is 9.18 Å². The summed E-state index contributed by atoms with van der Waals surface area (Å²) in [6, 6.07) is 4.19. The van der Waals surface area contributed by atoms with Crippen LogP contribution in [0.3, 0.4) is 0 Å². The maximum atomic E-state index is 13.2. The average molecular weight is 442 g/mol. The van der Waals surface area contributed by atoms with E-state index in [4.69, 9.17) is 0 Å². The van der Waals surface area contributed by atoms with Crippen molar-refractivity contribution in [1.82, 2.24) is 9.55 Å². The van der Waals surface area contributed by atoms with E-state index in [1.54, 1.807) is 17.0 Å². The molecule has 0 aliphatic heterocycles. The van der Waals surface area contributed by atoms with Crippen LogP contribution in [0.15, 0.2) is 24.5 Å². The van der Waals surface area contributed by atoms with E-state index in [-0.39, 0.29) is 0 Å². The Morgan fingerprint density at radius 3 is 2.62 bits per heavy atom. The summed E-state index contributed by atoms with van der Waals surface area (Å²) in [5.41, 5.74) is 0.913. The molecule has 0 radical (unpaired) electrons. The number of benzene rings is 1. The molecule has 16 heavy (non-hydrogen) atoms. The molecule has 0 fully saturated rings. The molecule has 0 aliphatic rings. The second-order valence-electron chi connectivity index (χ2n) is 3.06. The zero-order chi connectivity index (χ0) is 11.7. The van der Waals surface area contributed by atoms with Crippen LogP contribution in [0.4, 0.5) is 4.39 Å². The van der Waals surface area contributed by atoms with E-state index in [1.807, 2.05) is 0 Å².